The number of esters is 1. The number of hydrogen-bond acceptors (Lipinski definition) is 7. The van der Waals surface area contributed by atoms with E-state index in [2.05, 4.69) is 15.1 Å². The standard InChI is InChI=1S/C14H18ClN3O4/c15-12-1-2-13(17-16-12)18-5-3-10(4-6-18)22-14(19)11-9-20-7-8-21-11/h1-2,10-11H,3-9H2. The number of carbonyl (C=O) groups is 1. The number of nitrogens with zero attached hydrogens (tertiary/aromatic N) is 3. The van der Waals surface area contributed by atoms with E-state index in [0.29, 0.717) is 18.4 Å². The Kier molecular flexibility index (Phi) is 5.07. The highest BCUT2D eigenvalue weighted by Crippen LogP contribution is 2.20. The highest BCUT2D eigenvalue weighted by atomic mass is 35.5. The van der Waals surface area contributed by atoms with Crippen molar-refractivity contribution in [1.29, 1.82) is 0 Å². The third kappa shape index (κ3) is 3.85. The Balaban J connectivity index is 1.47. The van der Waals surface area contributed by atoms with Gasteiger partial charge >= 0.3 is 5.97 Å². The van der Waals surface area contributed by atoms with Crippen LogP contribution >= 0.6 is 11.6 Å². The maximum Gasteiger partial charge on any atom is 0.337 e. The number of hydrogen-bond donors (Lipinski definition) is 0. The average molecular weight is 328 g/mol. The number of ether oxygens (including phenoxy) is 3. The van der Waals surface area contributed by atoms with Gasteiger partial charge in [-0.2, -0.15) is 0 Å². The summed E-state index contributed by atoms with van der Waals surface area (Å²) in [5.74, 6) is 0.461. The van der Waals surface area contributed by atoms with E-state index in [9.17, 15) is 4.79 Å². The summed E-state index contributed by atoms with van der Waals surface area (Å²) in [4.78, 5) is 14.1. The van der Waals surface area contributed by atoms with E-state index in [-0.39, 0.29) is 18.7 Å². The monoisotopic (exact) mass is 327 g/mol. The maximum atomic E-state index is 12.0. The second-order valence-electron chi connectivity index (χ2n) is 5.27. The number of piperidine rings is 1. The van der Waals surface area contributed by atoms with Crippen LogP contribution in [0.4, 0.5) is 5.82 Å². The Morgan fingerprint density at radius 2 is 2.09 bits per heavy atom. The normalized spacial score (nSPS) is 23.3. The molecule has 3 heterocycles. The molecule has 0 aliphatic carbocycles. The first kappa shape index (κ1) is 15.5. The molecule has 0 bridgehead atoms. The molecule has 0 N–H and O–H groups in total. The van der Waals surface area contributed by atoms with E-state index >= 15 is 0 Å². The van der Waals surface area contributed by atoms with E-state index in [1.165, 1.54) is 0 Å². The van der Waals surface area contributed by atoms with Gasteiger partial charge in [0.1, 0.15) is 6.10 Å². The molecule has 2 aliphatic rings. The summed E-state index contributed by atoms with van der Waals surface area (Å²) in [6.07, 6.45) is 0.830. The molecule has 3 rings (SSSR count). The first-order valence-electron chi connectivity index (χ1n) is 7.36. The Labute approximate surface area is 133 Å². The molecular formula is C14H18ClN3O4. The number of halogens is 1. The molecule has 2 saturated heterocycles. The van der Waals surface area contributed by atoms with E-state index in [4.69, 9.17) is 25.8 Å². The third-order valence-corrected chi connectivity index (χ3v) is 3.95. The molecule has 1 aromatic rings. The van der Waals surface area contributed by atoms with Crippen molar-refractivity contribution in [1.82, 2.24) is 10.2 Å². The lowest BCUT2D eigenvalue weighted by atomic mass is 10.1. The molecule has 2 aliphatic heterocycles. The van der Waals surface area contributed by atoms with Crippen molar-refractivity contribution in [3.63, 3.8) is 0 Å². The molecule has 8 heteroatoms. The SMILES string of the molecule is O=C(OC1CCN(c2ccc(Cl)nn2)CC1)C1COCCO1. The van der Waals surface area contributed by atoms with Gasteiger partial charge in [-0.1, -0.05) is 11.6 Å². The molecule has 0 radical (unpaired) electrons. The average Bonchev–Trinajstić information content (AvgIpc) is 2.57. The zero-order valence-electron chi connectivity index (χ0n) is 12.1. The topological polar surface area (TPSA) is 73.8 Å². The van der Waals surface area contributed by atoms with Gasteiger partial charge in [-0.05, 0) is 12.1 Å². The molecule has 0 amide bonds. The summed E-state index contributed by atoms with van der Waals surface area (Å²) in [6, 6.07) is 3.56. The predicted octanol–water partition coefficient (Wildman–Crippen LogP) is 1.06. The van der Waals surface area contributed by atoms with Gasteiger partial charge in [0.05, 0.1) is 19.8 Å². The maximum absolute atomic E-state index is 12.0. The Morgan fingerprint density at radius 1 is 1.27 bits per heavy atom. The molecule has 0 spiro atoms. The van der Waals surface area contributed by atoms with E-state index in [0.717, 1.165) is 31.7 Å². The van der Waals surface area contributed by atoms with Crippen LogP contribution in [0.15, 0.2) is 12.1 Å². The number of rotatable bonds is 3. The summed E-state index contributed by atoms with van der Waals surface area (Å²) in [6.45, 7) is 2.77. The fourth-order valence-corrected chi connectivity index (χ4v) is 2.65. The van der Waals surface area contributed by atoms with Crippen molar-refractivity contribution < 1.29 is 19.0 Å². The van der Waals surface area contributed by atoms with E-state index < -0.39 is 6.10 Å². The van der Waals surface area contributed by atoms with Gasteiger partial charge in [-0.25, -0.2) is 4.79 Å². The molecule has 2 fully saturated rings. The zero-order chi connectivity index (χ0) is 15.4. The molecule has 1 unspecified atom stereocenters. The number of aromatic nitrogens is 2. The smallest absolute Gasteiger partial charge is 0.337 e. The van der Waals surface area contributed by atoms with Gasteiger partial charge in [0.2, 0.25) is 0 Å². The minimum absolute atomic E-state index is 0.0884. The summed E-state index contributed by atoms with van der Waals surface area (Å²) in [5.41, 5.74) is 0. The summed E-state index contributed by atoms with van der Waals surface area (Å²) in [5, 5.41) is 8.28. The van der Waals surface area contributed by atoms with Crippen LogP contribution in [0.1, 0.15) is 12.8 Å². The largest absolute Gasteiger partial charge is 0.460 e. The molecule has 0 saturated carbocycles. The summed E-state index contributed by atoms with van der Waals surface area (Å²) in [7, 11) is 0. The minimum Gasteiger partial charge on any atom is -0.460 e. The summed E-state index contributed by atoms with van der Waals surface area (Å²) < 4.78 is 16.1. The second-order valence-corrected chi connectivity index (χ2v) is 5.66. The van der Waals surface area contributed by atoms with E-state index in [1.807, 2.05) is 6.07 Å². The van der Waals surface area contributed by atoms with Crippen LogP contribution in [-0.2, 0) is 19.0 Å². The van der Waals surface area contributed by atoms with Crippen LogP contribution in [0.5, 0.6) is 0 Å². The molecule has 1 atom stereocenters. The molecule has 1 aromatic heterocycles. The van der Waals surface area contributed by atoms with Crippen LogP contribution in [0.3, 0.4) is 0 Å². The summed E-state index contributed by atoms with van der Waals surface area (Å²) >= 11 is 5.73. The first-order chi connectivity index (χ1) is 10.7. The predicted molar refractivity (Wildman–Crippen MR) is 78.9 cm³/mol. The zero-order valence-corrected chi connectivity index (χ0v) is 12.9. The van der Waals surface area contributed by atoms with Crippen molar-refractivity contribution in [3.8, 4) is 0 Å². The minimum atomic E-state index is -0.589. The lowest BCUT2D eigenvalue weighted by molar-refractivity contribution is -0.176. The molecular weight excluding hydrogens is 310 g/mol. The third-order valence-electron chi connectivity index (χ3n) is 3.75. The molecule has 22 heavy (non-hydrogen) atoms. The lowest BCUT2D eigenvalue weighted by Crippen LogP contribution is -2.42. The Hall–Kier alpha value is -1.44. The van der Waals surface area contributed by atoms with Crippen molar-refractivity contribution in [2.24, 2.45) is 0 Å². The Morgan fingerprint density at radius 3 is 2.73 bits per heavy atom. The highest BCUT2D eigenvalue weighted by Gasteiger charge is 2.29. The second kappa shape index (κ2) is 7.21. The van der Waals surface area contributed by atoms with Crippen molar-refractivity contribution in [2.75, 3.05) is 37.8 Å². The van der Waals surface area contributed by atoms with Gasteiger partial charge < -0.3 is 19.1 Å². The fourth-order valence-electron chi connectivity index (χ4n) is 2.54. The van der Waals surface area contributed by atoms with E-state index in [1.54, 1.807) is 6.07 Å². The quantitative estimate of drug-likeness (QED) is 0.768. The number of carbonyl (C=O) groups excluding carboxylic acids is 1. The van der Waals surface area contributed by atoms with Crippen LogP contribution in [0.2, 0.25) is 5.15 Å². The first-order valence-corrected chi connectivity index (χ1v) is 7.74. The van der Waals surface area contributed by atoms with Gasteiger partial charge in [0, 0.05) is 25.9 Å². The van der Waals surface area contributed by atoms with Crippen LogP contribution in [-0.4, -0.2) is 61.3 Å². The van der Waals surface area contributed by atoms with Gasteiger partial charge in [0.15, 0.2) is 17.1 Å². The van der Waals surface area contributed by atoms with Gasteiger partial charge in [-0.3, -0.25) is 0 Å². The van der Waals surface area contributed by atoms with Crippen molar-refractivity contribution in [3.05, 3.63) is 17.3 Å². The van der Waals surface area contributed by atoms with Crippen LogP contribution in [0, 0.1) is 0 Å². The van der Waals surface area contributed by atoms with Crippen LogP contribution < -0.4 is 4.90 Å². The number of anilines is 1. The van der Waals surface area contributed by atoms with Crippen molar-refractivity contribution in [2.45, 2.75) is 25.0 Å². The molecule has 0 aromatic carbocycles. The van der Waals surface area contributed by atoms with Gasteiger partial charge in [-0.15, -0.1) is 10.2 Å². The lowest BCUT2D eigenvalue weighted by Gasteiger charge is -2.33. The van der Waals surface area contributed by atoms with Crippen LogP contribution in [0.25, 0.3) is 0 Å². The highest BCUT2D eigenvalue weighted by molar-refractivity contribution is 6.29. The van der Waals surface area contributed by atoms with Gasteiger partial charge in [0.25, 0.3) is 0 Å². The Bertz CT molecular complexity index is 499. The molecule has 120 valence electrons. The fraction of sp³-hybridized carbons (Fsp3) is 0.643. The molecule has 7 nitrogen and oxygen atoms in total. The van der Waals surface area contributed by atoms with Crippen molar-refractivity contribution >= 4 is 23.4 Å².